The molecule has 0 fully saturated rings. The van der Waals surface area contributed by atoms with Crippen LogP contribution in [0, 0.1) is 6.92 Å². The van der Waals surface area contributed by atoms with Gasteiger partial charge in [0.2, 0.25) is 0 Å². The molecule has 4 heterocycles. The summed E-state index contributed by atoms with van der Waals surface area (Å²) in [5, 5.41) is 1.99. The lowest BCUT2D eigenvalue weighted by atomic mass is 9.96. The number of aryl methyl sites for hydroxylation is 1. The molecule has 0 amide bonds. The highest BCUT2D eigenvalue weighted by Gasteiger charge is 2.19. The Hall–Kier alpha value is -4.40. The molecule has 7 nitrogen and oxygen atoms in total. The van der Waals surface area contributed by atoms with E-state index in [1.165, 1.54) is 0 Å². The number of sulfone groups is 1. The van der Waals surface area contributed by atoms with Gasteiger partial charge in [-0.25, -0.2) is 13.4 Å². The number of aromatic amines is 1. The Morgan fingerprint density at radius 1 is 0.850 bits per heavy atom. The van der Waals surface area contributed by atoms with Crippen molar-refractivity contribution in [3.8, 4) is 22.4 Å². The first-order valence-electron chi connectivity index (χ1n) is 12.5. The summed E-state index contributed by atoms with van der Waals surface area (Å²) in [7, 11) is -3.64. The van der Waals surface area contributed by atoms with E-state index in [9.17, 15) is 13.2 Å². The molecule has 0 atom stereocenters. The van der Waals surface area contributed by atoms with Crippen molar-refractivity contribution in [1.82, 2.24) is 19.9 Å². The average Bonchev–Trinajstić information content (AvgIpc) is 2.94. The van der Waals surface area contributed by atoms with Crippen LogP contribution in [0.15, 0.2) is 96.1 Å². The Morgan fingerprint density at radius 3 is 2.45 bits per heavy atom. The van der Waals surface area contributed by atoms with Crippen molar-refractivity contribution in [1.29, 1.82) is 0 Å². The van der Waals surface area contributed by atoms with Gasteiger partial charge in [0.15, 0.2) is 9.84 Å². The second kappa shape index (κ2) is 10.3. The van der Waals surface area contributed by atoms with E-state index in [1.807, 2.05) is 67.6 Å². The number of rotatable bonds is 6. The van der Waals surface area contributed by atoms with Crippen molar-refractivity contribution in [2.75, 3.05) is 0 Å². The number of nitrogens with zero attached hydrogens (tertiary/aromatic N) is 3. The summed E-state index contributed by atoms with van der Waals surface area (Å²) in [5.74, 6) is -0.618. The first-order valence-corrected chi connectivity index (χ1v) is 14.7. The molecule has 6 rings (SSSR count). The third-order valence-electron chi connectivity index (χ3n) is 6.66. The number of H-pyrrole nitrogens is 1. The maximum Gasteiger partial charge on any atom is 0.253 e. The summed E-state index contributed by atoms with van der Waals surface area (Å²) >= 11 is 6.62. The Balaban J connectivity index is 1.48. The van der Waals surface area contributed by atoms with Gasteiger partial charge in [-0.05, 0) is 54.4 Å². The average molecular weight is 567 g/mol. The molecule has 0 spiro atoms. The normalized spacial score (nSPS) is 11.8. The van der Waals surface area contributed by atoms with Crippen molar-refractivity contribution in [2.24, 2.45) is 0 Å². The van der Waals surface area contributed by atoms with Gasteiger partial charge in [0.25, 0.3) is 5.56 Å². The largest absolute Gasteiger partial charge is 0.306 e. The number of nitrogens with one attached hydrogen (secondary N) is 1. The molecule has 0 unspecified atom stereocenters. The van der Waals surface area contributed by atoms with Crippen LogP contribution >= 0.6 is 11.6 Å². The van der Waals surface area contributed by atoms with Crippen LogP contribution in [0.25, 0.3) is 44.3 Å². The number of aromatic nitrogens is 4. The van der Waals surface area contributed by atoms with Crippen molar-refractivity contribution in [2.45, 2.75) is 18.4 Å². The predicted molar refractivity (Wildman–Crippen MR) is 159 cm³/mol. The third kappa shape index (κ3) is 5.23. The third-order valence-corrected chi connectivity index (χ3v) is 8.47. The molecular weight excluding hydrogens is 544 g/mol. The van der Waals surface area contributed by atoms with E-state index in [-0.39, 0.29) is 11.3 Å². The van der Waals surface area contributed by atoms with E-state index in [4.69, 9.17) is 16.6 Å². The molecule has 0 saturated heterocycles. The molecule has 198 valence electrons. The zero-order valence-corrected chi connectivity index (χ0v) is 23.0. The lowest BCUT2D eigenvalue weighted by Gasteiger charge is -2.13. The molecule has 0 radical (unpaired) electrons. The van der Waals surface area contributed by atoms with Gasteiger partial charge in [0.1, 0.15) is 5.65 Å². The molecule has 0 aliphatic heterocycles. The zero-order valence-electron chi connectivity index (χ0n) is 21.4. The molecule has 1 N–H and O–H groups in total. The highest BCUT2D eigenvalue weighted by Crippen LogP contribution is 2.36. The van der Waals surface area contributed by atoms with E-state index < -0.39 is 21.1 Å². The molecule has 4 aromatic heterocycles. The Morgan fingerprint density at radius 2 is 1.68 bits per heavy atom. The predicted octanol–water partition coefficient (Wildman–Crippen LogP) is 6.28. The maximum absolute atomic E-state index is 13.0. The van der Waals surface area contributed by atoms with E-state index >= 15 is 0 Å². The summed E-state index contributed by atoms with van der Waals surface area (Å²) in [4.78, 5) is 29.2. The highest BCUT2D eigenvalue weighted by molar-refractivity contribution is 7.89. The quantitative estimate of drug-likeness (QED) is 0.254. The zero-order chi connectivity index (χ0) is 27.9. The van der Waals surface area contributed by atoms with Gasteiger partial charge in [-0.2, -0.15) is 0 Å². The van der Waals surface area contributed by atoms with Crippen LogP contribution < -0.4 is 5.56 Å². The fraction of sp³-hybridized carbons (Fsp3) is 0.0968. The molecule has 0 bridgehead atoms. The van der Waals surface area contributed by atoms with Gasteiger partial charge in [-0.3, -0.25) is 14.8 Å². The molecule has 2 aromatic carbocycles. The van der Waals surface area contributed by atoms with Gasteiger partial charge in [-0.15, -0.1) is 0 Å². The van der Waals surface area contributed by atoms with E-state index in [0.29, 0.717) is 32.8 Å². The van der Waals surface area contributed by atoms with Crippen LogP contribution in [-0.4, -0.2) is 28.4 Å². The lowest BCUT2D eigenvalue weighted by molar-refractivity contribution is 0.594. The molecule has 0 saturated carbocycles. The van der Waals surface area contributed by atoms with Crippen molar-refractivity contribution < 1.29 is 8.42 Å². The molecule has 6 aromatic rings. The minimum absolute atomic E-state index is 0.147. The molecule has 9 heteroatoms. The summed E-state index contributed by atoms with van der Waals surface area (Å²) < 4.78 is 26.0. The summed E-state index contributed by atoms with van der Waals surface area (Å²) in [6.07, 6.45) is 3.24. The van der Waals surface area contributed by atoms with Crippen LogP contribution in [0.2, 0.25) is 5.02 Å². The van der Waals surface area contributed by atoms with Crippen LogP contribution in [0.3, 0.4) is 0 Å². The van der Waals surface area contributed by atoms with Crippen molar-refractivity contribution >= 4 is 43.4 Å². The van der Waals surface area contributed by atoms with E-state index in [2.05, 4.69) is 15.0 Å². The second-order valence-electron chi connectivity index (χ2n) is 9.69. The summed E-state index contributed by atoms with van der Waals surface area (Å²) in [6.45, 7) is 1.83. The Bertz CT molecular complexity index is 2060. The summed E-state index contributed by atoms with van der Waals surface area (Å²) in [6, 6.07) is 24.3. The van der Waals surface area contributed by atoms with Gasteiger partial charge < -0.3 is 4.98 Å². The molecule has 0 aliphatic rings. The first-order chi connectivity index (χ1) is 19.3. The number of halogens is 1. The fourth-order valence-corrected chi connectivity index (χ4v) is 6.50. The van der Waals surface area contributed by atoms with Crippen LogP contribution in [0.4, 0.5) is 0 Å². The second-order valence-corrected chi connectivity index (χ2v) is 12.2. The van der Waals surface area contributed by atoms with Crippen LogP contribution in [0.5, 0.6) is 0 Å². The van der Waals surface area contributed by atoms with Gasteiger partial charge in [0, 0.05) is 45.6 Å². The molecular formula is C31H23ClN4O3S. The van der Waals surface area contributed by atoms with Crippen molar-refractivity contribution in [3.05, 3.63) is 123 Å². The smallest absolute Gasteiger partial charge is 0.253 e. The Labute approximate surface area is 235 Å². The first kappa shape index (κ1) is 25.9. The van der Waals surface area contributed by atoms with Gasteiger partial charge >= 0.3 is 0 Å². The summed E-state index contributed by atoms with van der Waals surface area (Å²) in [5.41, 5.74) is 5.23. The number of fused-ring (bicyclic) bond motifs is 2. The monoisotopic (exact) mass is 566 g/mol. The fourth-order valence-electron chi connectivity index (χ4n) is 4.75. The van der Waals surface area contributed by atoms with E-state index in [0.717, 1.165) is 27.8 Å². The maximum atomic E-state index is 13.0. The lowest BCUT2D eigenvalue weighted by Crippen LogP contribution is -2.18. The highest BCUT2D eigenvalue weighted by atomic mass is 35.5. The van der Waals surface area contributed by atoms with Crippen LogP contribution in [0.1, 0.15) is 16.8 Å². The minimum Gasteiger partial charge on any atom is -0.306 e. The van der Waals surface area contributed by atoms with Crippen molar-refractivity contribution in [3.63, 3.8) is 0 Å². The topological polar surface area (TPSA) is 106 Å². The number of hydrogen-bond acceptors (Lipinski definition) is 6. The number of hydrogen-bond donors (Lipinski definition) is 1. The SMILES string of the molecule is Cc1ccc(CS(=O)(=O)Cc2cc3cc(-c4cc(Cl)c5ncccc5c4)c(-c4ccccc4)nc3[nH]c2=O)cn1. The van der Waals surface area contributed by atoms with Gasteiger partial charge in [0.05, 0.1) is 27.7 Å². The van der Waals surface area contributed by atoms with Crippen LogP contribution in [-0.2, 0) is 21.3 Å². The molecule has 40 heavy (non-hydrogen) atoms. The number of pyridine rings is 4. The minimum atomic E-state index is -3.64. The molecule has 0 aliphatic carbocycles. The van der Waals surface area contributed by atoms with Gasteiger partial charge in [-0.1, -0.05) is 54.1 Å². The standard InChI is InChI=1S/C31H23ClN4O3S/c1-19-9-10-20(16-34-19)17-40(38,39)18-25-13-24-14-26(23-12-22-8-5-11-33-29(22)27(32)15-23)28(21-6-3-2-4-7-21)35-30(24)36-31(25)37/h2-16H,17-18H2,1H3,(H,35,36,37). The van der Waals surface area contributed by atoms with E-state index in [1.54, 1.807) is 30.6 Å². The number of benzene rings is 2. The Kier molecular flexibility index (Phi) is 6.65.